The van der Waals surface area contributed by atoms with Crippen molar-refractivity contribution in [2.75, 3.05) is 14.1 Å². The summed E-state index contributed by atoms with van der Waals surface area (Å²) in [6.07, 6.45) is 4.27. The summed E-state index contributed by atoms with van der Waals surface area (Å²) >= 11 is 0. The Morgan fingerprint density at radius 1 is 1.38 bits per heavy atom. The molecule has 6 nitrogen and oxygen atoms in total. The molecule has 0 bridgehead atoms. The number of rotatable bonds is 4. The summed E-state index contributed by atoms with van der Waals surface area (Å²) in [4.78, 5) is 14.1. The van der Waals surface area contributed by atoms with Crippen LogP contribution in [0.1, 0.15) is 43.2 Å². The third kappa shape index (κ3) is 3.47. The van der Waals surface area contributed by atoms with Gasteiger partial charge in [-0.05, 0) is 37.9 Å². The predicted octanol–water partition coefficient (Wildman–Crippen LogP) is 1.84. The summed E-state index contributed by atoms with van der Waals surface area (Å²) in [6.45, 7) is 2.19. The van der Waals surface area contributed by atoms with E-state index in [1.54, 1.807) is 11.9 Å². The van der Waals surface area contributed by atoms with Gasteiger partial charge in [0.2, 0.25) is 5.09 Å². The van der Waals surface area contributed by atoms with E-state index >= 15 is 0 Å². The van der Waals surface area contributed by atoms with Crippen molar-refractivity contribution in [1.29, 1.82) is 0 Å². The molecule has 118 valence electrons. The molecule has 0 unspecified atom stereocenters. The van der Waals surface area contributed by atoms with Crippen molar-refractivity contribution in [3.8, 4) is 0 Å². The number of nitrogens with zero attached hydrogens (tertiary/aromatic N) is 1. The van der Waals surface area contributed by atoms with Crippen LogP contribution in [-0.4, -0.2) is 39.4 Å². The van der Waals surface area contributed by atoms with Gasteiger partial charge < -0.3 is 9.32 Å². The molecule has 1 saturated carbocycles. The Labute approximate surface area is 125 Å². The maximum Gasteiger partial charge on any atom is 0.289 e. The van der Waals surface area contributed by atoms with Crippen LogP contribution in [0.25, 0.3) is 0 Å². The van der Waals surface area contributed by atoms with E-state index in [0.717, 1.165) is 19.3 Å². The lowest BCUT2D eigenvalue weighted by molar-refractivity contribution is 0.0635. The molecule has 1 aliphatic rings. The molecule has 0 radical (unpaired) electrons. The summed E-state index contributed by atoms with van der Waals surface area (Å²) in [5, 5.41) is -0.237. The lowest BCUT2D eigenvalue weighted by Crippen LogP contribution is -2.39. The highest BCUT2D eigenvalue weighted by Gasteiger charge is 2.28. The van der Waals surface area contributed by atoms with Crippen molar-refractivity contribution >= 4 is 15.9 Å². The Bertz CT molecular complexity index is 608. The van der Waals surface area contributed by atoms with E-state index in [4.69, 9.17) is 4.42 Å². The Balaban J connectivity index is 2.13. The average Bonchev–Trinajstić information content (AvgIpc) is 2.96. The maximum absolute atomic E-state index is 12.4. The van der Waals surface area contributed by atoms with Gasteiger partial charge in [-0.15, -0.1) is 0 Å². The van der Waals surface area contributed by atoms with Crippen LogP contribution in [0.5, 0.6) is 0 Å². The molecule has 0 aromatic carbocycles. The standard InChI is InChI=1S/C14H22N2O4S/c1-10-5-4-6-11(9-10)16(3)14(17)12-7-8-13(20-12)21(18,19)15-2/h7-8,10-11,15H,4-6,9H2,1-3H3/t10-,11+/m0/s1. The molecular formula is C14H22N2O4S. The van der Waals surface area contributed by atoms with Crippen LogP contribution >= 0.6 is 0 Å². The number of hydrogen-bond acceptors (Lipinski definition) is 4. The quantitative estimate of drug-likeness (QED) is 0.919. The van der Waals surface area contributed by atoms with Crippen molar-refractivity contribution in [1.82, 2.24) is 9.62 Å². The monoisotopic (exact) mass is 314 g/mol. The fourth-order valence-electron chi connectivity index (χ4n) is 2.77. The van der Waals surface area contributed by atoms with E-state index in [-0.39, 0.29) is 22.8 Å². The van der Waals surface area contributed by atoms with Crippen molar-refractivity contribution in [2.45, 2.75) is 43.7 Å². The third-order valence-corrected chi connectivity index (χ3v) is 5.39. The van der Waals surface area contributed by atoms with Gasteiger partial charge >= 0.3 is 0 Å². The van der Waals surface area contributed by atoms with Gasteiger partial charge in [-0.2, -0.15) is 0 Å². The summed E-state index contributed by atoms with van der Waals surface area (Å²) in [5.41, 5.74) is 0. The fourth-order valence-corrected chi connectivity index (χ4v) is 3.42. The minimum Gasteiger partial charge on any atom is -0.438 e. The predicted molar refractivity (Wildman–Crippen MR) is 78.5 cm³/mol. The van der Waals surface area contributed by atoms with E-state index in [9.17, 15) is 13.2 Å². The van der Waals surface area contributed by atoms with Crippen molar-refractivity contribution < 1.29 is 17.6 Å². The number of carbonyl (C=O) groups excluding carboxylic acids is 1. The van der Waals surface area contributed by atoms with Crippen LogP contribution in [0.15, 0.2) is 21.6 Å². The van der Waals surface area contributed by atoms with E-state index in [2.05, 4.69) is 11.6 Å². The number of hydrogen-bond donors (Lipinski definition) is 1. The zero-order chi connectivity index (χ0) is 15.6. The molecule has 2 atom stereocenters. The molecule has 0 spiro atoms. The van der Waals surface area contributed by atoms with Gasteiger partial charge in [-0.25, -0.2) is 13.1 Å². The summed E-state index contributed by atoms with van der Waals surface area (Å²) < 4.78 is 30.6. The lowest BCUT2D eigenvalue weighted by Gasteiger charge is -2.33. The molecule has 2 rings (SSSR count). The Hall–Kier alpha value is -1.34. The van der Waals surface area contributed by atoms with Gasteiger partial charge in [0, 0.05) is 13.1 Å². The summed E-state index contributed by atoms with van der Waals surface area (Å²) in [6, 6.07) is 2.90. The van der Waals surface area contributed by atoms with Crippen LogP contribution in [0, 0.1) is 5.92 Å². The molecule has 1 aromatic rings. The summed E-state index contributed by atoms with van der Waals surface area (Å²) in [5.74, 6) is 0.395. The number of sulfonamides is 1. The zero-order valence-electron chi connectivity index (χ0n) is 12.6. The molecule has 7 heteroatoms. The van der Waals surface area contributed by atoms with Crippen LogP contribution < -0.4 is 4.72 Å². The van der Waals surface area contributed by atoms with Crippen molar-refractivity contribution in [2.24, 2.45) is 5.92 Å². The highest BCUT2D eigenvalue weighted by Crippen LogP contribution is 2.27. The zero-order valence-corrected chi connectivity index (χ0v) is 13.4. The first-order chi connectivity index (χ1) is 9.85. The first-order valence-electron chi connectivity index (χ1n) is 7.15. The van der Waals surface area contributed by atoms with Gasteiger partial charge in [0.25, 0.3) is 15.9 Å². The molecular weight excluding hydrogens is 292 g/mol. The first-order valence-corrected chi connectivity index (χ1v) is 8.64. The second kappa shape index (κ2) is 6.19. The largest absolute Gasteiger partial charge is 0.438 e. The molecule has 1 aromatic heterocycles. The topological polar surface area (TPSA) is 79.6 Å². The van der Waals surface area contributed by atoms with E-state index in [0.29, 0.717) is 5.92 Å². The Morgan fingerprint density at radius 3 is 2.71 bits per heavy atom. The molecule has 1 heterocycles. The first kappa shape index (κ1) is 16.0. The van der Waals surface area contributed by atoms with Crippen LogP contribution in [-0.2, 0) is 10.0 Å². The normalized spacial score (nSPS) is 23.0. The number of nitrogens with one attached hydrogen (secondary N) is 1. The molecule has 0 aliphatic heterocycles. The highest BCUT2D eigenvalue weighted by molar-refractivity contribution is 7.89. The summed E-state index contributed by atoms with van der Waals surface area (Å²) in [7, 11) is -0.607. The van der Waals surface area contributed by atoms with Gasteiger partial charge in [-0.3, -0.25) is 4.79 Å². The lowest BCUT2D eigenvalue weighted by atomic mass is 9.86. The molecule has 21 heavy (non-hydrogen) atoms. The highest BCUT2D eigenvalue weighted by atomic mass is 32.2. The number of furan rings is 1. The van der Waals surface area contributed by atoms with Gasteiger partial charge in [0.15, 0.2) is 5.76 Å². The molecule has 1 N–H and O–H groups in total. The minimum atomic E-state index is -3.66. The van der Waals surface area contributed by atoms with Gasteiger partial charge in [0.1, 0.15) is 0 Å². The SMILES string of the molecule is CNS(=O)(=O)c1ccc(C(=O)N(C)[C@@H]2CCC[C@H](C)C2)o1. The third-order valence-electron chi connectivity index (χ3n) is 4.10. The van der Waals surface area contributed by atoms with Crippen LogP contribution in [0.3, 0.4) is 0 Å². The second-order valence-corrected chi connectivity index (χ2v) is 7.49. The van der Waals surface area contributed by atoms with Gasteiger partial charge in [-0.1, -0.05) is 19.8 Å². The fraction of sp³-hybridized carbons (Fsp3) is 0.643. The minimum absolute atomic E-state index is 0.0598. The second-order valence-electron chi connectivity index (χ2n) is 5.67. The Kier molecular flexibility index (Phi) is 4.73. The molecule has 1 fully saturated rings. The van der Waals surface area contributed by atoms with E-state index in [1.807, 2.05) is 0 Å². The Morgan fingerprint density at radius 2 is 2.10 bits per heavy atom. The maximum atomic E-state index is 12.4. The van der Waals surface area contributed by atoms with Crippen molar-refractivity contribution in [3.05, 3.63) is 17.9 Å². The molecule has 1 amide bonds. The molecule has 0 saturated heterocycles. The smallest absolute Gasteiger partial charge is 0.289 e. The van der Waals surface area contributed by atoms with Crippen molar-refractivity contribution in [3.63, 3.8) is 0 Å². The van der Waals surface area contributed by atoms with E-state index < -0.39 is 10.0 Å². The number of carbonyl (C=O) groups is 1. The van der Waals surface area contributed by atoms with Crippen LogP contribution in [0.4, 0.5) is 0 Å². The van der Waals surface area contributed by atoms with E-state index in [1.165, 1.54) is 25.6 Å². The molecule has 1 aliphatic carbocycles. The van der Waals surface area contributed by atoms with Gasteiger partial charge in [0.05, 0.1) is 0 Å². The average molecular weight is 314 g/mol. The van der Waals surface area contributed by atoms with Crippen LogP contribution in [0.2, 0.25) is 0 Å². The number of amides is 1.